The molecule has 3 aliphatic rings. The first-order chi connectivity index (χ1) is 15.2. The minimum absolute atomic E-state index is 0.258. The number of likely N-dealkylation sites (tertiary alicyclic amines) is 1. The van der Waals surface area contributed by atoms with E-state index in [0.717, 1.165) is 69.0 Å². The molecule has 1 amide bonds. The van der Waals surface area contributed by atoms with Crippen LogP contribution in [0.15, 0.2) is 29.3 Å². The predicted molar refractivity (Wildman–Crippen MR) is 124 cm³/mol. The Balaban J connectivity index is 1.34. The van der Waals surface area contributed by atoms with Crippen molar-refractivity contribution in [2.24, 2.45) is 10.9 Å². The molecule has 2 N–H and O–H groups in total. The summed E-state index contributed by atoms with van der Waals surface area (Å²) in [5, 5.41) is 6.93. The van der Waals surface area contributed by atoms with Crippen LogP contribution in [0.3, 0.4) is 0 Å². The SMILES string of the molecule is CCNC(=NCc1ccccc1OC1CCCC1)NC1CCN(C(=O)C2CCCC2)C1. The highest BCUT2D eigenvalue weighted by molar-refractivity contribution is 5.81. The molecule has 1 atom stereocenters. The van der Waals surface area contributed by atoms with Crippen molar-refractivity contribution in [3.63, 3.8) is 0 Å². The largest absolute Gasteiger partial charge is 0.490 e. The Kier molecular flexibility index (Phi) is 7.71. The van der Waals surface area contributed by atoms with Crippen LogP contribution in [-0.4, -0.2) is 48.5 Å². The van der Waals surface area contributed by atoms with E-state index in [1.165, 1.54) is 25.7 Å². The van der Waals surface area contributed by atoms with Crippen molar-refractivity contribution in [3.8, 4) is 5.75 Å². The molecule has 2 aliphatic carbocycles. The average molecular weight is 427 g/mol. The molecule has 1 aromatic rings. The predicted octanol–water partition coefficient (Wildman–Crippen LogP) is 3.85. The number of ether oxygens (including phenoxy) is 1. The van der Waals surface area contributed by atoms with Crippen LogP contribution in [-0.2, 0) is 11.3 Å². The Labute approximate surface area is 186 Å². The fraction of sp³-hybridized carbons (Fsp3) is 0.680. The highest BCUT2D eigenvalue weighted by atomic mass is 16.5. The lowest BCUT2D eigenvalue weighted by molar-refractivity contribution is -0.134. The lowest BCUT2D eigenvalue weighted by atomic mass is 10.1. The molecule has 170 valence electrons. The second kappa shape index (κ2) is 10.9. The van der Waals surface area contributed by atoms with Crippen molar-refractivity contribution in [2.75, 3.05) is 19.6 Å². The summed E-state index contributed by atoms with van der Waals surface area (Å²) in [4.78, 5) is 19.6. The van der Waals surface area contributed by atoms with Gasteiger partial charge in [-0.15, -0.1) is 0 Å². The van der Waals surface area contributed by atoms with Gasteiger partial charge in [-0.1, -0.05) is 31.0 Å². The number of hydrogen-bond donors (Lipinski definition) is 2. The molecule has 0 aromatic heterocycles. The van der Waals surface area contributed by atoms with Crippen LogP contribution >= 0.6 is 0 Å². The van der Waals surface area contributed by atoms with Crippen molar-refractivity contribution in [1.82, 2.24) is 15.5 Å². The summed E-state index contributed by atoms with van der Waals surface area (Å²) in [6.07, 6.45) is 10.7. The van der Waals surface area contributed by atoms with Crippen molar-refractivity contribution >= 4 is 11.9 Å². The molecule has 6 nitrogen and oxygen atoms in total. The minimum atomic E-state index is 0.258. The second-order valence-corrected chi connectivity index (χ2v) is 9.22. The van der Waals surface area contributed by atoms with Gasteiger partial charge in [0.15, 0.2) is 5.96 Å². The Hall–Kier alpha value is -2.24. The van der Waals surface area contributed by atoms with E-state index in [-0.39, 0.29) is 12.0 Å². The summed E-state index contributed by atoms with van der Waals surface area (Å²) < 4.78 is 6.27. The Morgan fingerprint density at radius 1 is 1.10 bits per heavy atom. The van der Waals surface area contributed by atoms with Crippen molar-refractivity contribution in [1.29, 1.82) is 0 Å². The van der Waals surface area contributed by atoms with Crippen LogP contribution in [0.25, 0.3) is 0 Å². The van der Waals surface area contributed by atoms with E-state index in [4.69, 9.17) is 9.73 Å². The van der Waals surface area contributed by atoms with Gasteiger partial charge in [-0.05, 0) is 57.9 Å². The molecule has 3 fully saturated rings. The topological polar surface area (TPSA) is 66.0 Å². The highest BCUT2D eigenvalue weighted by Gasteiger charge is 2.32. The maximum Gasteiger partial charge on any atom is 0.225 e. The molecular formula is C25H38N4O2. The van der Waals surface area contributed by atoms with E-state index < -0.39 is 0 Å². The maximum atomic E-state index is 12.7. The number of nitrogens with zero attached hydrogens (tertiary/aromatic N) is 2. The fourth-order valence-corrected chi connectivity index (χ4v) is 5.12. The Morgan fingerprint density at radius 3 is 2.61 bits per heavy atom. The first-order valence-corrected chi connectivity index (χ1v) is 12.3. The molecular weight excluding hydrogens is 388 g/mol. The number of rotatable bonds is 7. The lowest BCUT2D eigenvalue weighted by Crippen LogP contribution is -2.45. The van der Waals surface area contributed by atoms with E-state index in [9.17, 15) is 4.79 Å². The van der Waals surface area contributed by atoms with Crippen molar-refractivity contribution < 1.29 is 9.53 Å². The number of hydrogen-bond acceptors (Lipinski definition) is 3. The highest BCUT2D eigenvalue weighted by Crippen LogP contribution is 2.28. The fourth-order valence-electron chi connectivity index (χ4n) is 5.12. The molecule has 0 spiro atoms. The van der Waals surface area contributed by atoms with Gasteiger partial charge in [0, 0.05) is 37.2 Å². The zero-order valence-corrected chi connectivity index (χ0v) is 18.9. The molecule has 6 heteroatoms. The summed E-state index contributed by atoms with van der Waals surface area (Å²) in [6, 6.07) is 8.52. The zero-order valence-electron chi connectivity index (χ0n) is 18.9. The molecule has 31 heavy (non-hydrogen) atoms. The average Bonchev–Trinajstić information content (AvgIpc) is 3.55. The summed E-state index contributed by atoms with van der Waals surface area (Å²) >= 11 is 0. The standard InChI is InChI=1S/C25H38N4O2/c1-2-26-25(28-21-15-16-29(18-21)24(30)19-9-3-4-10-19)27-17-20-11-5-8-14-23(20)31-22-12-6-7-13-22/h5,8,11,14,19,21-22H,2-4,6-7,9-10,12-13,15-18H2,1H3,(H2,26,27,28). The zero-order chi connectivity index (χ0) is 21.5. The van der Waals surface area contributed by atoms with E-state index >= 15 is 0 Å². The quantitative estimate of drug-likeness (QED) is 0.513. The molecule has 0 radical (unpaired) electrons. The lowest BCUT2D eigenvalue weighted by Gasteiger charge is -2.21. The van der Waals surface area contributed by atoms with Crippen LogP contribution in [0.2, 0.25) is 0 Å². The van der Waals surface area contributed by atoms with Crippen LogP contribution in [0.5, 0.6) is 5.75 Å². The van der Waals surface area contributed by atoms with E-state index in [0.29, 0.717) is 18.6 Å². The Morgan fingerprint density at radius 2 is 1.84 bits per heavy atom. The molecule has 1 heterocycles. The van der Waals surface area contributed by atoms with Crippen LogP contribution in [0.1, 0.15) is 70.3 Å². The van der Waals surface area contributed by atoms with Crippen molar-refractivity contribution in [2.45, 2.75) is 83.4 Å². The van der Waals surface area contributed by atoms with Gasteiger partial charge in [-0.3, -0.25) is 4.79 Å². The van der Waals surface area contributed by atoms with Crippen LogP contribution in [0.4, 0.5) is 0 Å². The molecule has 1 saturated heterocycles. The molecule has 1 aliphatic heterocycles. The van der Waals surface area contributed by atoms with Gasteiger partial charge >= 0.3 is 0 Å². The van der Waals surface area contributed by atoms with Gasteiger partial charge < -0.3 is 20.3 Å². The van der Waals surface area contributed by atoms with Gasteiger partial charge in [0.05, 0.1) is 12.6 Å². The third kappa shape index (κ3) is 5.92. The number of para-hydroxylation sites is 1. The van der Waals surface area contributed by atoms with Gasteiger partial charge in [-0.25, -0.2) is 4.99 Å². The summed E-state index contributed by atoms with van der Waals surface area (Å²) in [7, 11) is 0. The Bertz CT molecular complexity index is 754. The number of amides is 1. The molecule has 1 unspecified atom stereocenters. The van der Waals surface area contributed by atoms with Gasteiger partial charge in [0.1, 0.15) is 5.75 Å². The first kappa shape index (κ1) is 22.0. The number of carbonyl (C=O) groups excluding carboxylic acids is 1. The molecule has 2 saturated carbocycles. The van der Waals surface area contributed by atoms with E-state index in [2.05, 4.69) is 40.7 Å². The smallest absolute Gasteiger partial charge is 0.225 e. The number of benzene rings is 1. The maximum absolute atomic E-state index is 12.7. The monoisotopic (exact) mass is 426 g/mol. The molecule has 1 aromatic carbocycles. The van der Waals surface area contributed by atoms with E-state index in [1.807, 2.05) is 6.07 Å². The normalized spacial score (nSPS) is 22.8. The number of nitrogens with one attached hydrogen (secondary N) is 2. The number of aliphatic imine (C=N–C) groups is 1. The third-order valence-electron chi connectivity index (χ3n) is 6.87. The summed E-state index contributed by atoms with van der Waals surface area (Å²) in [5.41, 5.74) is 1.12. The van der Waals surface area contributed by atoms with Crippen molar-refractivity contribution in [3.05, 3.63) is 29.8 Å². The number of guanidine groups is 1. The van der Waals surface area contributed by atoms with Gasteiger partial charge in [0.25, 0.3) is 0 Å². The molecule has 0 bridgehead atoms. The minimum Gasteiger partial charge on any atom is -0.490 e. The molecule has 4 rings (SSSR count). The first-order valence-electron chi connectivity index (χ1n) is 12.3. The van der Waals surface area contributed by atoms with E-state index in [1.54, 1.807) is 0 Å². The van der Waals surface area contributed by atoms with Gasteiger partial charge in [-0.2, -0.15) is 0 Å². The van der Waals surface area contributed by atoms with Crippen LogP contribution in [0, 0.1) is 5.92 Å². The number of carbonyl (C=O) groups is 1. The third-order valence-corrected chi connectivity index (χ3v) is 6.87. The summed E-state index contributed by atoms with van der Waals surface area (Å²) in [6.45, 7) is 5.10. The summed E-state index contributed by atoms with van der Waals surface area (Å²) in [5.74, 6) is 2.40. The van der Waals surface area contributed by atoms with Crippen LogP contribution < -0.4 is 15.4 Å². The van der Waals surface area contributed by atoms with Gasteiger partial charge in [0.2, 0.25) is 5.91 Å². The second-order valence-electron chi connectivity index (χ2n) is 9.22.